The maximum atomic E-state index is 13.1. The quantitative estimate of drug-likeness (QED) is 0.673. The second-order valence-electron chi connectivity index (χ2n) is 5.36. The molecule has 0 atom stereocenters. The van der Waals surface area contributed by atoms with Gasteiger partial charge in [-0.05, 0) is 30.2 Å². The van der Waals surface area contributed by atoms with Crippen molar-refractivity contribution in [3.8, 4) is 17.1 Å². The zero-order valence-electron chi connectivity index (χ0n) is 12.1. The van der Waals surface area contributed by atoms with Gasteiger partial charge in [-0.3, -0.25) is 4.57 Å². The van der Waals surface area contributed by atoms with Gasteiger partial charge in [0.2, 0.25) is 0 Å². The van der Waals surface area contributed by atoms with E-state index in [9.17, 15) is 4.39 Å². The van der Waals surface area contributed by atoms with Crippen LogP contribution in [-0.4, -0.2) is 9.55 Å². The molecule has 106 valence electrons. The van der Waals surface area contributed by atoms with E-state index in [0.29, 0.717) is 5.92 Å². The monoisotopic (exact) mass is 280 g/mol. The zero-order chi connectivity index (χ0) is 14.8. The van der Waals surface area contributed by atoms with Gasteiger partial charge in [-0.1, -0.05) is 44.2 Å². The number of halogens is 1. The van der Waals surface area contributed by atoms with E-state index < -0.39 is 0 Å². The van der Waals surface area contributed by atoms with Crippen molar-refractivity contribution in [2.45, 2.75) is 19.8 Å². The van der Waals surface area contributed by atoms with Gasteiger partial charge in [-0.15, -0.1) is 0 Å². The molecule has 0 fully saturated rings. The van der Waals surface area contributed by atoms with Crippen LogP contribution in [-0.2, 0) is 0 Å². The third-order valence-electron chi connectivity index (χ3n) is 3.45. The average Bonchev–Trinajstić information content (AvgIpc) is 2.94. The molecule has 0 aliphatic carbocycles. The molecule has 21 heavy (non-hydrogen) atoms. The highest BCUT2D eigenvalue weighted by Gasteiger charge is 2.13. The number of hydrogen-bond acceptors (Lipinski definition) is 1. The molecule has 0 N–H and O–H groups in total. The SMILES string of the molecule is CC(C)c1cn(-c2ccc(F)cc2)c(-c2ccccc2)n1. The summed E-state index contributed by atoms with van der Waals surface area (Å²) in [5.74, 6) is 0.990. The first-order valence-electron chi connectivity index (χ1n) is 7.06. The lowest BCUT2D eigenvalue weighted by Crippen LogP contribution is -1.96. The molecule has 0 saturated heterocycles. The Bertz CT molecular complexity index is 728. The topological polar surface area (TPSA) is 17.8 Å². The first kappa shape index (κ1) is 13.6. The molecule has 0 saturated carbocycles. The van der Waals surface area contributed by atoms with E-state index in [-0.39, 0.29) is 5.82 Å². The van der Waals surface area contributed by atoms with Crippen LogP contribution in [0.1, 0.15) is 25.5 Å². The first-order valence-corrected chi connectivity index (χ1v) is 7.06. The lowest BCUT2D eigenvalue weighted by Gasteiger charge is -2.07. The fourth-order valence-electron chi connectivity index (χ4n) is 2.27. The van der Waals surface area contributed by atoms with E-state index in [1.54, 1.807) is 12.1 Å². The normalized spacial score (nSPS) is 11.0. The van der Waals surface area contributed by atoms with Crippen LogP contribution in [0.3, 0.4) is 0 Å². The highest BCUT2D eigenvalue weighted by molar-refractivity contribution is 5.59. The summed E-state index contributed by atoms with van der Waals surface area (Å²) in [5.41, 5.74) is 2.99. The van der Waals surface area contributed by atoms with Crippen LogP contribution in [0.25, 0.3) is 17.1 Å². The minimum atomic E-state index is -0.232. The molecule has 1 aromatic heterocycles. The second kappa shape index (κ2) is 5.52. The second-order valence-corrected chi connectivity index (χ2v) is 5.36. The number of aromatic nitrogens is 2. The number of imidazole rings is 1. The molecule has 0 aliphatic heterocycles. The molecule has 2 aromatic carbocycles. The van der Waals surface area contributed by atoms with Crippen molar-refractivity contribution in [1.29, 1.82) is 0 Å². The third-order valence-corrected chi connectivity index (χ3v) is 3.45. The molecular weight excluding hydrogens is 263 g/mol. The summed E-state index contributed by atoms with van der Waals surface area (Å²) in [4.78, 5) is 4.75. The van der Waals surface area contributed by atoms with E-state index >= 15 is 0 Å². The standard InChI is InChI=1S/C18H17FN2/c1-13(2)17-12-21(16-10-8-15(19)9-11-16)18(20-17)14-6-4-3-5-7-14/h3-13H,1-2H3. The Morgan fingerprint density at radius 1 is 0.952 bits per heavy atom. The maximum absolute atomic E-state index is 13.1. The highest BCUT2D eigenvalue weighted by Crippen LogP contribution is 2.25. The molecule has 3 heteroatoms. The van der Waals surface area contributed by atoms with E-state index in [2.05, 4.69) is 13.8 Å². The summed E-state index contributed by atoms with van der Waals surface area (Å²) in [5, 5.41) is 0. The molecular formula is C18H17FN2. The fourth-order valence-corrected chi connectivity index (χ4v) is 2.27. The lowest BCUT2D eigenvalue weighted by atomic mass is 10.1. The van der Waals surface area contributed by atoms with Crippen molar-refractivity contribution in [1.82, 2.24) is 9.55 Å². The first-order chi connectivity index (χ1) is 10.1. The van der Waals surface area contributed by atoms with Gasteiger partial charge in [0.1, 0.15) is 11.6 Å². The Balaban J connectivity index is 2.16. The van der Waals surface area contributed by atoms with Crippen molar-refractivity contribution >= 4 is 0 Å². The van der Waals surface area contributed by atoms with Gasteiger partial charge in [0.25, 0.3) is 0 Å². The van der Waals surface area contributed by atoms with E-state index in [1.165, 1.54) is 12.1 Å². The Kier molecular flexibility index (Phi) is 3.57. The largest absolute Gasteiger partial charge is 0.300 e. The summed E-state index contributed by atoms with van der Waals surface area (Å²) >= 11 is 0. The predicted octanol–water partition coefficient (Wildman–Crippen LogP) is 4.80. The van der Waals surface area contributed by atoms with Crippen molar-refractivity contribution in [2.24, 2.45) is 0 Å². The number of benzene rings is 2. The summed E-state index contributed by atoms with van der Waals surface area (Å²) in [6, 6.07) is 16.5. The summed E-state index contributed by atoms with van der Waals surface area (Å²) in [7, 11) is 0. The van der Waals surface area contributed by atoms with Gasteiger partial charge < -0.3 is 0 Å². The van der Waals surface area contributed by atoms with Crippen LogP contribution < -0.4 is 0 Å². The van der Waals surface area contributed by atoms with Crippen LogP contribution in [0.15, 0.2) is 60.8 Å². The predicted molar refractivity (Wildman–Crippen MR) is 83.0 cm³/mol. The van der Waals surface area contributed by atoms with E-state index in [1.807, 2.05) is 41.1 Å². The molecule has 2 nitrogen and oxygen atoms in total. The van der Waals surface area contributed by atoms with Gasteiger partial charge in [-0.2, -0.15) is 0 Å². The summed E-state index contributed by atoms with van der Waals surface area (Å²) in [6.07, 6.45) is 2.03. The molecule has 0 radical (unpaired) electrons. The van der Waals surface area contributed by atoms with Crippen molar-refractivity contribution in [2.75, 3.05) is 0 Å². The third kappa shape index (κ3) is 2.72. The molecule has 0 aliphatic rings. The van der Waals surface area contributed by atoms with Crippen LogP contribution in [0.2, 0.25) is 0 Å². The van der Waals surface area contributed by atoms with Crippen LogP contribution in [0.4, 0.5) is 4.39 Å². The van der Waals surface area contributed by atoms with Crippen LogP contribution >= 0.6 is 0 Å². The average molecular weight is 280 g/mol. The minimum Gasteiger partial charge on any atom is -0.300 e. The Morgan fingerprint density at radius 3 is 2.24 bits per heavy atom. The van der Waals surface area contributed by atoms with Crippen molar-refractivity contribution in [3.05, 3.63) is 72.3 Å². The number of nitrogens with zero attached hydrogens (tertiary/aromatic N) is 2. The van der Waals surface area contributed by atoms with Crippen LogP contribution in [0, 0.1) is 5.82 Å². The van der Waals surface area contributed by atoms with Crippen molar-refractivity contribution < 1.29 is 4.39 Å². The minimum absolute atomic E-state index is 0.232. The summed E-state index contributed by atoms with van der Waals surface area (Å²) < 4.78 is 15.2. The fraction of sp³-hybridized carbons (Fsp3) is 0.167. The van der Waals surface area contributed by atoms with E-state index in [4.69, 9.17) is 4.98 Å². The number of rotatable bonds is 3. The molecule has 0 spiro atoms. The Labute approximate surface area is 123 Å². The zero-order valence-corrected chi connectivity index (χ0v) is 12.1. The van der Waals surface area contributed by atoms with Crippen molar-refractivity contribution in [3.63, 3.8) is 0 Å². The van der Waals surface area contributed by atoms with Gasteiger partial charge in [0, 0.05) is 17.4 Å². The lowest BCUT2D eigenvalue weighted by molar-refractivity contribution is 0.627. The van der Waals surface area contributed by atoms with Gasteiger partial charge in [0.15, 0.2) is 0 Å². The van der Waals surface area contributed by atoms with Crippen LogP contribution in [0.5, 0.6) is 0 Å². The smallest absolute Gasteiger partial charge is 0.144 e. The molecule has 0 bridgehead atoms. The maximum Gasteiger partial charge on any atom is 0.144 e. The number of hydrogen-bond donors (Lipinski definition) is 0. The van der Waals surface area contributed by atoms with Gasteiger partial charge >= 0.3 is 0 Å². The van der Waals surface area contributed by atoms with Gasteiger partial charge in [-0.25, -0.2) is 9.37 Å². The molecule has 3 rings (SSSR count). The van der Waals surface area contributed by atoms with Gasteiger partial charge in [0.05, 0.1) is 5.69 Å². The Hall–Kier alpha value is -2.42. The molecule has 1 heterocycles. The molecule has 0 unspecified atom stereocenters. The molecule has 3 aromatic rings. The Morgan fingerprint density at radius 2 is 1.62 bits per heavy atom. The highest BCUT2D eigenvalue weighted by atomic mass is 19.1. The molecule has 0 amide bonds. The van der Waals surface area contributed by atoms with E-state index in [0.717, 1.165) is 22.8 Å². The summed E-state index contributed by atoms with van der Waals surface area (Å²) in [6.45, 7) is 4.23.